The van der Waals surface area contributed by atoms with Gasteiger partial charge in [-0.05, 0) is 43.2 Å². The van der Waals surface area contributed by atoms with Crippen LogP contribution in [0.2, 0.25) is 10.0 Å². The van der Waals surface area contributed by atoms with Gasteiger partial charge in [-0.15, -0.1) is 11.8 Å². The molecule has 0 radical (unpaired) electrons. The molecule has 0 bridgehead atoms. The number of hydrogen-bond acceptors (Lipinski definition) is 3. The predicted molar refractivity (Wildman–Crippen MR) is 104 cm³/mol. The van der Waals surface area contributed by atoms with E-state index in [9.17, 15) is 4.79 Å². The highest BCUT2D eigenvalue weighted by molar-refractivity contribution is 7.99. The molecule has 0 heterocycles. The van der Waals surface area contributed by atoms with E-state index in [2.05, 4.69) is 5.32 Å². The summed E-state index contributed by atoms with van der Waals surface area (Å²) in [7, 11) is 0. The molecule has 0 unspecified atom stereocenters. The molecular weight excluding hydrogens is 365 g/mol. The van der Waals surface area contributed by atoms with E-state index < -0.39 is 0 Å². The monoisotopic (exact) mass is 383 g/mol. The standard InChI is InChI=1S/C18H19Cl2NO2S/c1-12-9-13(2)18(15(20)10-12)21-17(22)11-24-8-7-23-16-6-4-3-5-14(16)19/h3-6,9-10H,7-8,11H2,1-2H3,(H,21,22). The summed E-state index contributed by atoms with van der Waals surface area (Å²) in [6.07, 6.45) is 0. The Bertz CT molecular complexity index is 699. The zero-order chi connectivity index (χ0) is 17.5. The van der Waals surface area contributed by atoms with Crippen LogP contribution in [0.3, 0.4) is 0 Å². The third-order valence-electron chi connectivity index (χ3n) is 3.25. The zero-order valence-corrected chi connectivity index (χ0v) is 15.9. The molecule has 1 N–H and O–H groups in total. The van der Waals surface area contributed by atoms with Gasteiger partial charge in [0.1, 0.15) is 5.75 Å². The van der Waals surface area contributed by atoms with Crippen molar-refractivity contribution in [3.63, 3.8) is 0 Å². The second kappa shape index (κ2) is 9.21. The number of aryl methyl sites for hydroxylation is 2. The van der Waals surface area contributed by atoms with E-state index in [0.717, 1.165) is 11.1 Å². The minimum absolute atomic E-state index is 0.0772. The average Bonchev–Trinajstić information content (AvgIpc) is 2.52. The van der Waals surface area contributed by atoms with Crippen molar-refractivity contribution in [1.82, 2.24) is 0 Å². The van der Waals surface area contributed by atoms with Crippen LogP contribution in [0.5, 0.6) is 5.75 Å². The fraction of sp³-hybridized carbons (Fsp3) is 0.278. The fourth-order valence-electron chi connectivity index (χ4n) is 2.19. The second-order valence-corrected chi connectivity index (χ2v) is 7.24. The van der Waals surface area contributed by atoms with Gasteiger partial charge in [0.05, 0.1) is 28.1 Å². The number of amides is 1. The number of ether oxygens (including phenoxy) is 1. The van der Waals surface area contributed by atoms with Crippen LogP contribution in [0.1, 0.15) is 11.1 Å². The van der Waals surface area contributed by atoms with Gasteiger partial charge in [-0.1, -0.05) is 41.4 Å². The minimum Gasteiger partial charge on any atom is -0.491 e. The Balaban J connectivity index is 1.73. The summed E-state index contributed by atoms with van der Waals surface area (Å²) in [4.78, 5) is 12.0. The Hall–Kier alpha value is -1.36. The topological polar surface area (TPSA) is 38.3 Å². The summed E-state index contributed by atoms with van der Waals surface area (Å²) in [6.45, 7) is 4.39. The van der Waals surface area contributed by atoms with Gasteiger partial charge in [0.15, 0.2) is 0 Å². The smallest absolute Gasteiger partial charge is 0.234 e. The maximum atomic E-state index is 12.0. The normalized spacial score (nSPS) is 10.5. The lowest BCUT2D eigenvalue weighted by molar-refractivity contribution is -0.113. The zero-order valence-electron chi connectivity index (χ0n) is 13.6. The molecule has 2 rings (SSSR count). The Morgan fingerprint density at radius 2 is 1.92 bits per heavy atom. The van der Waals surface area contributed by atoms with Crippen LogP contribution in [0, 0.1) is 13.8 Å². The fourth-order valence-corrected chi connectivity index (χ4v) is 3.35. The Kier molecular flexibility index (Phi) is 7.28. The van der Waals surface area contributed by atoms with Gasteiger partial charge in [-0.2, -0.15) is 0 Å². The number of carbonyl (C=O) groups excluding carboxylic acids is 1. The summed E-state index contributed by atoms with van der Waals surface area (Å²) in [6, 6.07) is 11.2. The molecule has 0 aliphatic carbocycles. The largest absolute Gasteiger partial charge is 0.491 e. The van der Waals surface area contributed by atoms with Crippen molar-refractivity contribution in [2.45, 2.75) is 13.8 Å². The van der Waals surface area contributed by atoms with Crippen LogP contribution in [-0.2, 0) is 4.79 Å². The van der Waals surface area contributed by atoms with Gasteiger partial charge in [0.25, 0.3) is 0 Å². The van der Waals surface area contributed by atoms with Gasteiger partial charge in [0, 0.05) is 5.75 Å². The highest BCUT2D eigenvalue weighted by Gasteiger charge is 2.09. The van der Waals surface area contributed by atoms with E-state index >= 15 is 0 Å². The number of hydrogen-bond donors (Lipinski definition) is 1. The molecule has 128 valence electrons. The number of nitrogens with one attached hydrogen (secondary N) is 1. The molecule has 0 atom stereocenters. The van der Waals surface area contributed by atoms with Crippen LogP contribution in [0.25, 0.3) is 0 Å². The molecule has 0 fully saturated rings. The van der Waals surface area contributed by atoms with Gasteiger partial charge in [0.2, 0.25) is 5.91 Å². The lowest BCUT2D eigenvalue weighted by Crippen LogP contribution is -2.16. The Labute approximate surface area is 156 Å². The Morgan fingerprint density at radius 1 is 1.17 bits per heavy atom. The van der Waals surface area contributed by atoms with E-state index in [-0.39, 0.29) is 5.91 Å². The molecule has 0 saturated carbocycles. The van der Waals surface area contributed by atoms with Crippen molar-refractivity contribution in [2.75, 3.05) is 23.4 Å². The molecule has 6 heteroatoms. The molecule has 24 heavy (non-hydrogen) atoms. The first-order valence-electron chi connectivity index (χ1n) is 7.49. The third-order valence-corrected chi connectivity index (χ3v) is 4.78. The highest BCUT2D eigenvalue weighted by atomic mass is 35.5. The van der Waals surface area contributed by atoms with Crippen LogP contribution in [0.4, 0.5) is 5.69 Å². The lowest BCUT2D eigenvalue weighted by Gasteiger charge is -2.11. The summed E-state index contributed by atoms with van der Waals surface area (Å²) in [5, 5.41) is 4.02. The number of thioether (sulfide) groups is 1. The van der Waals surface area contributed by atoms with E-state index in [1.165, 1.54) is 11.8 Å². The predicted octanol–water partition coefficient (Wildman–Crippen LogP) is 5.36. The van der Waals surface area contributed by atoms with Crippen molar-refractivity contribution in [2.24, 2.45) is 0 Å². The molecule has 0 saturated heterocycles. The van der Waals surface area contributed by atoms with Crippen molar-refractivity contribution >= 4 is 46.6 Å². The first-order valence-corrected chi connectivity index (χ1v) is 9.40. The molecular formula is C18H19Cl2NO2S. The van der Waals surface area contributed by atoms with Gasteiger partial charge in [-0.25, -0.2) is 0 Å². The van der Waals surface area contributed by atoms with Crippen LogP contribution >= 0.6 is 35.0 Å². The third kappa shape index (κ3) is 5.62. The number of para-hydroxylation sites is 1. The molecule has 1 amide bonds. The van der Waals surface area contributed by atoms with Gasteiger partial charge < -0.3 is 10.1 Å². The van der Waals surface area contributed by atoms with Gasteiger partial charge >= 0.3 is 0 Å². The molecule has 2 aromatic rings. The number of carbonyl (C=O) groups is 1. The van der Waals surface area contributed by atoms with Crippen LogP contribution in [0.15, 0.2) is 36.4 Å². The first kappa shape index (κ1) is 19.0. The first-order chi connectivity index (χ1) is 11.5. The number of anilines is 1. The lowest BCUT2D eigenvalue weighted by atomic mass is 10.1. The average molecular weight is 384 g/mol. The van der Waals surface area contributed by atoms with Crippen molar-refractivity contribution in [3.05, 3.63) is 57.6 Å². The van der Waals surface area contributed by atoms with Crippen LogP contribution in [-0.4, -0.2) is 24.0 Å². The number of halogens is 2. The van der Waals surface area contributed by atoms with Crippen molar-refractivity contribution < 1.29 is 9.53 Å². The quantitative estimate of drug-likeness (QED) is 0.653. The van der Waals surface area contributed by atoms with E-state index in [4.69, 9.17) is 27.9 Å². The van der Waals surface area contributed by atoms with Crippen LogP contribution < -0.4 is 10.1 Å². The van der Waals surface area contributed by atoms with Crippen molar-refractivity contribution in [1.29, 1.82) is 0 Å². The van der Waals surface area contributed by atoms with Gasteiger partial charge in [-0.3, -0.25) is 4.79 Å². The molecule has 3 nitrogen and oxygen atoms in total. The summed E-state index contributed by atoms with van der Waals surface area (Å²) in [5.41, 5.74) is 2.71. The Morgan fingerprint density at radius 3 is 2.62 bits per heavy atom. The summed E-state index contributed by atoms with van der Waals surface area (Å²) in [5.74, 6) is 1.62. The maximum Gasteiger partial charge on any atom is 0.234 e. The molecule has 0 aliphatic rings. The summed E-state index contributed by atoms with van der Waals surface area (Å²) < 4.78 is 5.58. The molecule has 0 spiro atoms. The maximum absolute atomic E-state index is 12.0. The van der Waals surface area contributed by atoms with E-state index in [1.54, 1.807) is 6.07 Å². The second-order valence-electron chi connectivity index (χ2n) is 5.32. The SMILES string of the molecule is Cc1cc(C)c(NC(=O)CSCCOc2ccccc2Cl)c(Cl)c1. The van der Waals surface area contributed by atoms with Crippen molar-refractivity contribution in [3.8, 4) is 5.75 Å². The number of rotatable bonds is 7. The molecule has 2 aromatic carbocycles. The summed E-state index contributed by atoms with van der Waals surface area (Å²) >= 11 is 13.7. The molecule has 0 aliphatic heterocycles. The minimum atomic E-state index is -0.0772. The molecule has 0 aromatic heterocycles. The number of benzene rings is 2. The van der Waals surface area contributed by atoms with E-state index in [0.29, 0.717) is 39.6 Å². The van der Waals surface area contributed by atoms with E-state index in [1.807, 2.05) is 44.2 Å². The highest BCUT2D eigenvalue weighted by Crippen LogP contribution is 2.27.